The minimum atomic E-state index is -4.43. The topological polar surface area (TPSA) is 38.7 Å². The molecule has 2 aromatic rings. The van der Waals surface area contributed by atoms with Gasteiger partial charge in [0, 0.05) is 11.6 Å². The fourth-order valence-corrected chi connectivity index (χ4v) is 2.53. The van der Waals surface area contributed by atoms with Crippen LogP contribution in [0.5, 0.6) is 0 Å². The Balaban J connectivity index is 2.48. The highest BCUT2D eigenvalue weighted by molar-refractivity contribution is 9.10. The molecule has 0 atom stereocenters. The number of thiazole rings is 1. The minimum absolute atomic E-state index is 0.296. The third-order valence-corrected chi connectivity index (χ3v) is 3.84. The van der Waals surface area contributed by atoms with Gasteiger partial charge >= 0.3 is 6.18 Å². The van der Waals surface area contributed by atoms with Gasteiger partial charge in [-0.1, -0.05) is 20.8 Å². The predicted molar refractivity (Wildman–Crippen MR) is 74.5 cm³/mol. The van der Waals surface area contributed by atoms with E-state index in [4.69, 9.17) is 0 Å². The van der Waals surface area contributed by atoms with Gasteiger partial charge in [0.15, 0.2) is 5.01 Å². The fraction of sp³-hybridized carbons (Fsp3) is 0.417. The van der Waals surface area contributed by atoms with Crippen LogP contribution in [-0.4, -0.2) is 15.0 Å². The van der Waals surface area contributed by atoms with E-state index in [1.807, 2.05) is 20.8 Å². The van der Waals surface area contributed by atoms with E-state index in [9.17, 15) is 13.2 Å². The number of hydrogen-bond acceptors (Lipinski definition) is 4. The lowest BCUT2D eigenvalue weighted by atomic mass is 9.95. The van der Waals surface area contributed by atoms with Crippen molar-refractivity contribution in [2.45, 2.75) is 32.4 Å². The summed E-state index contributed by atoms with van der Waals surface area (Å²) < 4.78 is 38.2. The third kappa shape index (κ3) is 3.35. The van der Waals surface area contributed by atoms with Crippen molar-refractivity contribution in [3.8, 4) is 10.6 Å². The Kier molecular flexibility index (Phi) is 3.90. The van der Waals surface area contributed by atoms with Gasteiger partial charge in [0.1, 0.15) is 10.4 Å². The van der Waals surface area contributed by atoms with Gasteiger partial charge in [0.2, 0.25) is 0 Å². The number of rotatable bonds is 1. The molecule has 0 saturated heterocycles. The highest BCUT2D eigenvalue weighted by Gasteiger charge is 2.35. The second-order valence-electron chi connectivity index (χ2n) is 5.18. The smallest absolute Gasteiger partial charge is 0.240 e. The van der Waals surface area contributed by atoms with E-state index in [1.165, 1.54) is 6.20 Å². The third-order valence-electron chi connectivity index (χ3n) is 2.37. The standard InChI is InChI=1S/C12H11BrF3N3S/c1-11(2,3)9-18-6(4-8(13)19-9)7-5-17-10(20-7)12(14,15)16/h4-5H,1-3H3. The summed E-state index contributed by atoms with van der Waals surface area (Å²) in [5, 5.41) is -0.875. The first kappa shape index (κ1) is 15.4. The molecule has 108 valence electrons. The molecule has 0 aliphatic rings. The highest BCUT2D eigenvalue weighted by Crippen LogP contribution is 2.36. The van der Waals surface area contributed by atoms with Crippen LogP contribution in [0.25, 0.3) is 10.6 Å². The molecule has 0 aromatic carbocycles. The van der Waals surface area contributed by atoms with Crippen LogP contribution in [0, 0.1) is 0 Å². The first-order valence-electron chi connectivity index (χ1n) is 5.66. The van der Waals surface area contributed by atoms with Gasteiger partial charge < -0.3 is 0 Å². The van der Waals surface area contributed by atoms with E-state index in [2.05, 4.69) is 30.9 Å². The molecule has 8 heteroatoms. The zero-order valence-electron chi connectivity index (χ0n) is 10.9. The van der Waals surface area contributed by atoms with Crippen LogP contribution < -0.4 is 0 Å². The Morgan fingerprint density at radius 3 is 2.30 bits per heavy atom. The first-order valence-corrected chi connectivity index (χ1v) is 7.27. The molecular formula is C12H11BrF3N3S. The summed E-state index contributed by atoms with van der Waals surface area (Å²) in [7, 11) is 0. The molecule has 0 amide bonds. The maximum Gasteiger partial charge on any atom is 0.443 e. The number of halogens is 4. The molecule has 3 nitrogen and oxygen atoms in total. The van der Waals surface area contributed by atoms with Gasteiger partial charge in [-0.2, -0.15) is 13.2 Å². The lowest BCUT2D eigenvalue weighted by Crippen LogP contribution is -2.16. The summed E-state index contributed by atoms with van der Waals surface area (Å²) in [5.74, 6) is 0.559. The zero-order valence-corrected chi connectivity index (χ0v) is 13.3. The largest absolute Gasteiger partial charge is 0.443 e. The van der Waals surface area contributed by atoms with Crippen molar-refractivity contribution in [3.63, 3.8) is 0 Å². The van der Waals surface area contributed by atoms with E-state index >= 15 is 0 Å². The van der Waals surface area contributed by atoms with Crippen LogP contribution in [0.2, 0.25) is 0 Å². The van der Waals surface area contributed by atoms with Crippen molar-refractivity contribution in [2.24, 2.45) is 0 Å². The number of aromatic nitrogens is 3. The van der Waals surface area contributed by atoms with Crippen LogP contribution in [0.4, 0.5) is 13.2 Å². The summed E-state index contributed by atoms with van der Waals surface area (Å²) in [6.45, 7) is 5.81. The molecule has 20 heavy (non-hydrogen) atoms. The molecule has 0 fully saturated rings. The first-order chi connectivity index (χ1) is 9.07. The Labute approximate surface area is 126 Å². The maximum atomic E-state index is 12.6. The summed E-state index contributed by atoms with van der Waals surface area (Å²) in [4.78, 5) is 12.4. The molecule has 0 aliphatic heterocycles. The van der Waals surface area contributed by atoms with Crippen molar-refractivity contribution in [1.29, 1.82) is 0 Å². The van der Waals surface area contributed by atoms with Crippen LogP contribution in [0.15, 0.2) is 16.9 Å². The molecule has 2 aromatic heterocycles. The van der Waals surface area contributed by atoms with Gasteiger partial charge in [-0.05, 0) is 22.0 Å². The normalized spacial score (nSPS) is 12.8. The SMILES string of the molecule is CC(C)(C)c1nc(Br)cc(-c2cnc(C(F)(F)F)s2)n1. The second kappa shape index (κ2) is 5.07. The van der Waals surface area contributed by atoms with E-state index < -0.39 is 11.2 Å². The van der Waals surface area contributed by atoms with Crippen molar-refractivity contribution in [2.75, 3.05) is 0 Å². The Hall–Kier alpha value is -1.02. The molecule has 0 unspecified atom stereocenters. The molecule has 0 spiro atoms. The van der Waals surface area contributed by atoms with Gasteiger partial charge in [-0.25, -0.2) is 15.0 Å². The second-order valence-corrected chi connectivity index (χ2v) is 7.02. The summed E-state index contributed by atoms with van der Waals surface area (Å²) in [5.41, 5.74) is 0.139. The van der Waals surface area contributed by atoms with Gasteiger partial charge in [0.05, 0.1) is 10.6 Å². The molecule has 0 bridgehead atoms. The van der Waals surface area contributed by atoms with E-state index in [1.54, 1.807) is 6.07 Å². The van der Waals surface area contributed by atoms with Crippen LogP contribution in [0.1, 0.15) is 31.6 Å². The van der Waals surface area contributed by atoms with Gasteiger partial charge in [-0.15, -0.1) is 11.3 Å². The van der Waals surface area contributed by atoms with Gasteiger partial charge in [0.25, 0.3) is 0 Å². The molecule has 0 radical (unpaired) electrons. The summed E-state index contributed by atoms with van der Waals surface area (Å²) in [6, 6.07) is 1.59. The lowest BCUT2D eigenvalue weighted by Gasteiger charge is -2.17. The quantitative estimate of drug-likeness (QED) is 0.688. The molecule has 0 saturated carbocycles. The lowest BCUT2D eigenvalue weighted by molar-refractivity contribution is -0.137. The Morgan fingerprint density at radius 2 is 1.80 bits per heavy atom. The molecule has 0 N–H and O–H groups in total. The number of hydrogen-bond donors (Lipinski definition) is 0. The highest BCUT2D eigenvalue weighted by atomic mass is 79.9. The van der Waals surface area contributed by atoms with Crippen molar-refractivity contribution >= 4 is 27.3 Å². The average molecular weight is 366 g/mol. The van der Waals surface area contributed by atoms with Crippen molar-refractivity contribution in [1.82, 2.24) is 15.0 Å². The average Bonchev–Trinajstić information content (AvgIpc) is 2.75. The van der Waals surface area contributed by atoms with E-state index in [0.717, 1.165) is 0 Å². The number of nitrogens with zero attached hydrogens (tertiary/aromatic N) is 3. The van der Waals surface area contributed by atoms with Crippen LogP contribution in [0.3, 0.4) is 0 Å². The van der Waals surface area contributed by atoms with Crippen molar-refractivity contribution in [3.05, 3.63) is 27.7 Å². The zero-order chi connectivity index (χ0) is 15.1. The van der Waals surface area contributed by atoms with Crippen LogP contribution >= 0.6 is 27.3 Å². The monoisotopic (exact) mass is 365 g/mol. The predicted octanol–water partition coefficient (Wildman–Crippen LogP) is 4.68. The Bertz CT molecular complexity index is 632. The molecule has 0 aliphatic carbocycles. The molecule has 2 heterocycles. The summed E-state index contributed by atoms with van der Waals surface area (Å²) >= 11 is 3.83. The summed E-state index contributed by atoms with van der Waals surface area (Å²) in [6.07, 6.45) is -3.24. The Morgan fingerprint density at radius 1 is 1.15 bits per heavy atom. The van der Waals surface area contributed by atoms with E-state index in [-0.39, 0.29) is 5.41 Å². The molecular weight excluding hydrogens is 355 g/mol. The van der Waals surface area contributed by atoms with Gasteiger partial charge in [-0.3, -0.25) is 0 Å². The number of alkyl halides is 3. The van der Waals surface area contributed by atoms with E-state index in [0.29, 0.717) is 32.3 Å². The fourth-order valence-electron chi connectivity index (χ4n) is 1.40. The minimum Gasteiger partial charge on any atom is -0.240 e. The maximum absolute atomic E-state index is 12.6. The van der Waals surface area contributed by atoms with Crippen molar-refractivity contribution < 1.29 is 13.2 Å². The molecule has 2 rings (SSSR count). The van der Waals surface area contributed by atoms with Crippen LogP contribution in [-0.2, 0) is 11.6 Å².